The Morgan fingerprint density at radius 2 is 2.25 bits per heavy atom. The average molecular weight is 272 g/mol. The van der Waals surface area contributed by atoms with Crippen molar-refractivity contribution in [2.24, 2.45) is 11.7 Å². The van der Waals surface area contributed by atoms with E-state index in [1.807, 2.05) is 36.1 Å². The Labute approximate surface area is 118 Å². The Morgan fingerprint density at radius 3 is 3.05 bits per heavy atom. The zero-order valence-electron chi connectivity index (χ0n) is 11.7. The molecule has 1 saturated heterocycles. The van der Waals surface area contributed by atoms with Crippen molar-refractivity contribution in [1.82, 2.24) is 4.90 Å². The molecule has 4 heteroatoms. The van der Waals surface area contributed by atoms with E-state index in [0.29, 0.717) is 11.5 Å². The van der Waals surface area contributed by atoms with Crippen molar-refractivity contribution in [1.29, 1.82) is 0 Å². The lowest BCUT2D eigenvalue weighted by Gasteiger charge is -2.34. The summed E-state index contributed by atoms with van der Waals surface area (Å²) >= 11 is 0. The van der Waals surface area contributed by atoms with E-state index in [9.17, 15) is 4.79 Å². The Hall–Kier alpha value is -1.81. The van der Waals surface area contributed by atoms with Gasteiger partial charge in [-0.05, 0) is 31.7 Å². The lowest BCUT2D eigenvalue weighted by molar-refractivity contribution is 0.0662. The van der Waals surface area contributed by atoms with E-state index >= 15 is 0 Å². The molecule has 0 bridgehead atoms. The van der Waals surface area contributed by atoms with Crippen molar-refractivity contribution in [3.8, 4) is 0 Å². The fourth-order valence-corrected chi connectivity index (χ4v) is 2.94. The standard InChI is InChI=1S/C16H20N2O2/c1-11(17)12-5-4-8-18(9-12)16(19)14-10-20-15-7-3-2-6-13(14)15/h2-3,6-7,10-12H,4-5,8-9,17H2,1H3. The normalized spacial score (nSPS) is 21.1. The van der Waals surface area contributed by atoms with Crippen molar-refractivity contribution in [3.05, 3.63) is 36.1 Å². The highest BCUT2D eigenvalue weighted by molar-refractivity contribution is 6.05. The largest absolute Gasteiger partial charge is 0.463 e. The minimum atomic E-state index is 0.0558. The van der Waals surface area contributed by atoms with Crippen molar-refractivity contribution in [2.75, 3.05) is 13.1 Å². The molecule has 2 aromatic rings. The maximum atomic E-state index is 12.7. The maximum absolute atomic E-state index is 12.7. The van der Waals surface area contributed by atoms with Crippen LogP contribution in [0.15, 0.2) is 34.9 Å². The highest BCUT2D eigenvalue weighted by atomic mass is 16.3. The van der Waals surface area contributed by atoms with Gasteiger partial charge in [0, 0.05) is 24.5 Å². The molecule has 2 N–H and O–H groups in total. The number of benzene rings is 1. The zero-order chi connectivity index (χ0) is 14.1. The van der Waals surface area contributed by atoms with Crippen LogP contribution in [0.2, 0.25) is 0 Å². The van der Waals surface area contributed by atoms with Gasteiger partial charge in [0.05, 0.1) is 5.56 Å². The van der Waals surface area contributed by atoms with Gasteiger partial charge in [-0.25, -0.2) is 0 Å². The molecule has 106 valence electrons. The summed E-state index contributed by atoms with van der Waals surface area (Å²) in [4.78, 5) is 14.6. The SMILES string of the molecule is CC(N)C1CCCN(C(=O)c2coc3ccccc23)C1. The highest BCUT2D eigenvalue weighted by Crippen LogP contribution is 2.25. The number of carbonyl (C=O) groups excluding carboxylic acids is 1. The molecule has 1 aliphatic rings. The summed E-state index contributed by atoms with van der Waals surface area (Å²) in [6.07, 6.45) is 3.70. The van der Waals surface area contributed by atoms with Gasteiger partial charge in [-0.15, -0.1) is 0 Å². The molecule has 1 aromatic heterocycles. The number of para-hydroxylation sites is 1. The first kappa shape index (κ1) is 13.2. The van der Waals surface area contributed by atoms with Crippen LogP contribution in [0.4, 0.5) is 0 Å². The van der Waals surface area contributed by atoms with E-state index in [2.05, 4.69) is 0 Å². The molecule has 0 saturated carbocycles. The summed E-state index contributed by atoms with van der Waals surface area (Å²) in [6, 6.07) is 7.78. The van der Waals surface area contributed by atoms with Crippen LogP contribution in [-0.2, 0) is 0 Å². The number of hydrogen-bond acceptors (Lipinski definition) is 3. The lowest BCUT2D eigenvalue weighted by atomic mass is 9.92. The number of rotatable bonds is 2. The van der Waals surface area contributed by atoms with E-state index in [1.54, 1.807) is 6.26 Å². The van der Waals surface area contributed by atoms with Gasteiger partial charge < -0.3 is 15.1 Å². The summed E-state index contributed by atoms with van der Waals surface area (Å²) in [5.74, 6) is 0.450. The number of nitrogens with zero attached hydrogens (tertiary/aromatic N) is 1. The molecular formula is C16H20N2O2. The van der Waals surface area contributed by atoms with Crippen LogP contribution < -0.4 is 5.73 Å². The third kappa shape index (κ3) is 2.31. The third-order valence-corrected chi connectivity index (χ3v) is 4.20. The summed E-state index contributed by atoms with van der Waals surface area (Å²) in [6.45, 7) is 3.57. The molecule has 1 aromatic carbocycles. The monoisotopic (exact) mass is 272 g/mol. The number of carbonyl (C=O) groups is 1. The van der Waals surface area contributed by atoms with E-state index in [-0.39, 0.29) is 11.9 Å². The maximum Gasteiger partial charge on any atom is 0.257 e. The fourth-order valence-electron chi connectivity index (χ4n) is 2.94. The number of fused-ring (bicyclic) bond motifs is 1. The van der Waals surface area contributed by atoms with E-state index in [0.717, 1.165) is 36.9 Å². The van der Waals surface area contributed by atoms with Gasteiger partial charge >= 0.3 is 0 Å². The second-order valence-electron chi connectivity index (χ2n) is 5.66. The molecule has 0 spiro atoms. The molecule has 1 aliphatic heterocycles. The topological polar surface area (TPSA) is 59.5 Å². The molecule has 20 heavy (non-hydrogen) atoms. The van der Waals surface area contributed by atoms with Crippen LogP contribution in [-0.4, -0.2) is 29.9 Å². The smallest absolute Gasteiger partial charge is 0.257 e. The number of piperidine rings is 1. The first-order valence-electron chi connectivity index (χ1n) is 7.18. The molecule has 2 atom stereocenters. The predicted molar refractivity (Wildman–Crippen MR) is 78.5 cm³/mol. The van der Waals surface area contributed by atoms with Crippen LogP contribution in [0.1, 0.15) is 30.1 Å². The number of nitrogens with two attached hydrogens (primary N) is 1. The summed E-state index contributed by atoms with van der Waals surface area (Å²) in [5, 5.41) is 0.889. The first-order chi connectivity index (χ1) is 9.66. The van der Waals surface area contributed by atoms with Crippen LogP contribution in [0.3, 0.4) is 0 Å². The minimum Gasteiger partial charge on any atom is -0.463 e. The summed E-state index contributed by atoms with van der Waals surface area (Å²) in [7, 11) is 0. The van der Waals surface area contributed by atoms with Crippen molar-refractivity contribution in [3.63, 3.8) is 0 Å². The number of furan rings is 1. The van der Waals surface area contributed by atoms with Gasteiger partial charge in [0.1, 0.15) is 11.8 Å². The van der Waals surface area contributed by atoms with Gasteiger partial charge in [0.2, 0.25) is 0 Å². The zero-order valence-corrected chi connectivity index (χ0v) is 11.7. The Bertz CT molecular complexity index is 618. The van der Waals surface area contributed by atoms with Crippen LogP contribution in [0.5, 0.6) is 0 Å². The third-order valence-electron chi connectivity index (χ3n) is 4.20. The first-order valence-corrected chi connectivity index (χ1v) is 7.18. The van der Waals surface area contributed by atoms with Crippen LogP contribution in [0, 0.1) is 5.92 Å². The minimum absolute atomic E-state index is 0.0558. The molecule has 0 radical (unpaired) electrons. The molecule has 2 unspecified atom stereocenters. The second kappa shape index (κ2) is 5.29. The molecule has 4 nitrogen and oxygen atoms in total. The second-order valence-corrected chi connectivity index (χ2v) is 5.66. The van der Waals surface area contributed by atoms with Crippen molar-refractivity contribution >= 4 is 16.9 Å². The lowest BCUT2D eigenvalue weighted by Crippen LogP contribution is -2.45. The molecular weight excluding hydrogens is 252 g/mol. The van der Waals surface area contributed by atoms with Crippen molar-refractivity contribution < 1.29 is 9.21 Å². The Kier molecular flexibility index (Phi) is 3.49. The van der Waals surface area contributed by atoms with Crippen LogP contribution >= 0.6 is 0 Å². The highest BCUT2D eigenvalue weighted by Gasteiger charge is 2.27. The fraction of sp³-hybridized carbons (Fsp3) is 0.438. The van der Waals surface area contributed by atoms with Gasteiger partial charge in [-0.2, -0.15) is 0 Å². The Morgan fingerprint density at radius 1 is 1.45 bits per heavy atom. The van der Waals surface area contributed by atoms with Gasteiger partial charge in [-0.1, -0.05) is 18.2 Å². The molecule has 1 amide bonds. The molecule has 2 heterocycles. The number of amides is 1. The average Bonchev–Trinajstić information content (AvgIpc) is 2.90. The van der Waals surface area contributed by atoms with Crippen molar-refractivity contribution in [2.45, 2.75) is 25.8 Å². The molecule has 3 rings (SSSR count). The summed E-state index contributed by atoms with van der Waals surface area (Å²) < 4.78 is 5.46. The number of hydrogen-bond donors (Lipinski definition) is 1. The van der Waals surface area contributed by atoms with E-state index in [4.69, 9.17) is 10.2 Å². The van der Waals surface area contributed by atoms with Gasteiger partial charge in [-0.3, -0.25) is 4.79 Å². The van der Waals surface area contributed by atoms with E-state index < -0.39 is 0 Å². The number of likely N-dealkylation sites (tertiary alicyclic amines) is 1. The molecule has 0 aliphatic carbocycles. The van der Waals surface area contributed by atoms with E-state index in [1.165, 1.54) is 0 Å². The molecule has 1 fully saturated rings. The predicted octanol–water partition coefficient (Wildman–Crippen LogP) is 2.63. The van der Waals surface area contributed by atoms with Crippen LogP contribution in [0.25, 0.3) is 11.0 Å². The van der Waals surface area contributed by atoms with Gasteiger partial charge in [0.25, 0.3) is 5.91 Å². The Balaban J connectivity index is 1.85. The quantitative estimate of drug-likeness (QED) is 0.914. The van der Waals surface area contributed by atoms with Gasteiger partial charge in [0.15, 0.2) is 0 Å². The summed E-state index contributed by atoms with van der Waals surface area (Å²) in [5.41, 5.74) is 7.40.